The zero-order valence-corrected chi connectivity index (χ0v) is 22.8. The summed E-state index contributed by atoms with van der Waals surface area (Å²) in [5.41, 5.74) is 1.78. The van der Waals surface area contributed by atoms with E-state index in [2.05, 4.69) is 13.2 Å². The van der Waals surface area contributed by atoms with Crippen molar-refractivity contribution in [3.8, 4) is 11.5 Å². The molecule has 1 fully saturated rings. The molecule has 0 atom stereocenters. The van der Waals surface area contributed by atoms with Gasteiger partial charge < -0.3 is 24.4 Å². The minimum Gasteiger partial charge on any atom is -0.493 e. The van der Waals surface area contributed by atoms with Crippen LogP contribution in [0.2, 0.25) is 0 Å². The zero-order chi connectivity index (χ0) is 28.7. The van der Waals surface area contributed by atoms with Crippen LogP contribution in [-0.2, 0) is 9.53 Å². The van der Waals surface area contributed by atoms with Gasteiger partial charge in [-0.15, -0.1) is 0 Å². The van der Waals surface area contributed by atoms with Crippen molar-refractivity contribution >= 4 is 5.97 Å². The summed E-state index contributed by atoms with van der Waals surface area (Å²) in [4.78, 5) is 11.6. The number of aliphatic hydroxyl groups is 2. The molecule has 9 heteroatoms. The van der Waals surface area contributed by atoms with Crippen LogP contribution in [0.15, 0.2) is 42.5 Å². The first-order chi connectivity index (χ1) is 18.6. The number of alkyl halides is 3. The predicted molar refractivity (Wildman–Crippen MR) is 144 cm³/mol. The molecule has 1 saturated carbocycles. The number of benzene rings is 1. The fraction of sp³-hybridized carbons (Fsp3) is 0.633. The Morgan fingerprint density at radius 1 is 0.872 bits per heavy atom. The van der Waals surface area contributed by atoms with Crippen LogP contribution in [0.3, 0.4) is 0 Å². The lowest BCUT2D eigenvalue weighted by Crippen LogP contribution is -2.15. The van der Waals surface area contributed by atoms with Gasteiger partial charge in [0.15, 0.2) is 0 Å². The molecular formula is C30H43F3O6. The maximum Gasteiger partial charge on any atom is 0.389 e. The molecule has 6 nitrogen and oxygen atoms in total. The number of esters is 1. The summed E-state index contributed by atoms with van der Waals surface area (Å²) >= 11 is 0. The molecule has 39 heavy (non-hydrogen) atoms. The van der Waals surface area contributed by atoms with E-state index in [0.29, 0.717) is 48.4 Å². The van der Waals surface area contributed by atoms with Crippen LogP contribution in [0, 0.1) is 5.92 Å². The number of carbonyl (C=O) groups is 1. The third kappa shape index (κ3) is 13.4. The number of rotatable bonds is 18. The largest absolute Gasteiger partial charge is 0.493 e. The average molecular weight is 557 g/mol. The summed E-state index contributed by atoms with van der Waals surface area (Å²) in [5, 5.41) is 18.1. The normalized spacial score (nSPS) is 17.5. The Morgan fingerprint density at radius 2 is 1.51 bits per heavy atom. The van der Waals surface area contributed by atoms with Gasteiger partial charge in [0.1, 0.15) is 24.7 Å². The van der Waals surface area contributed by atoms with Crippen LogP contribution in [0.25, 0.3) is 0 Å². The molecule has 1 aliphatic rings. The molecule has 0 aromatic heterocycles. The average Bonchev–Trinajstić information content (AvgIpc) is 2.92. The quantitative estimate of drug-likeness (QED) is 0.0911. The lowest BCUT2D eigenvalue weighted by atomic mass is 9.77. The summed E-state index contributed by atoms with van der Waals surface area (Å²) in [6, 6.07) is 5.79. The summed E-state index contributed by atoms with van der Waals surface area (Å²) in [7, 11) is 0. The molecular weight excluding hydrogens is 513 g/mol. The maximum absolute atomic E-state index is 12.3. The Morgan fingerprint density at radius 3 is 2.13 bits per heavy atom. The molecule has 0 unspecified atom stereocenters. The molecule has 0 amide bonds. The van der Waals surface area contributed by atoms with Gasteiger partial charge in [-0.3, -0.25) is 0 Å². The standard InChI is InChI=1S/C30H43F3O6/c1-22(20-34)12-14-37-27-17-26(18-28(19-27)38-15-16-39-29(36)23(2)21-35)25-10-8-24(9-11-25)7-5-3-4-6-13-30(31,32)33/h17-19,24-25,34-35H,1-16,20-21H2. The molecule has 2 rings (SSSR count). The van der Waals surface area contributed by atoms with Crippen molar-refractivity contribution in [1.29, 1.82) is 0 Å². The molecule has 0 radical (unpaired) electrons. The summed E-state index contributed by atoms with van der Waals surface area (Å²) in [6.07, 6.45) is 3.72. The molecule has 1 aromatic carbocycles. The highest BCUT2D eigenvalue weighted by atomic mass is 19.4. The summed E-state index contributed by atoms with van der Waals surface area (Å²) in [5.74, 6) is 1.53. The number of ether oxygens (including phenoxy) is 3. The third-order valence-corrected chi connectivity index (χ3v) is 7.06. The van der Waals surface area contributed by atoms with E-state index in [1.807, 2.05) is 12.1 Å². The Labute approximate surface area is 229 Å². The second-order valence-electron chi connectivity index (χ2n) is 10.3. The monoisotopic (exact) mass is 556 g/mol. The van der Waals surface area contributed by atoms with Crippen molar-refractivity contribution in [2.45, 2.75) is 82.7 Å². The van der Waals surface area contributed by atoms with Crippen LogP contribution < -0.4 is 9.47 Å². The van der Waals surface area contributed by atoms with E-state index in [1.165, 1.54) is 0 Å². The molecule has 0 aliphatic heterocycles. The molecule has 2 N–H and O–H groups in total. The van der Waals surface area contributed by atoms with E-state index < -0.39 is 25.2 Å². The number of carbonyl (C=O) groups excluding carboxylic acids is 1. The third-order valence-electron chi connectivity index (χ3n) is 7.06. The van der Waals surface area contributed by atoms with Crippen LogP contribution in [0.4, 0.5) is 13.2 Å². The first-order valence-electron chi connectivity index (χ1n) is 13.8. The van der Waals surface area contributed by atoms with Crippen molar-refractivity contribution in [1.82, 2.24) is 0 Å². The molecule has 0 heterocycles. The molecule has 0 bridgehead atoms. The predicted octanol–water partition coefficient (Wildman–Crippen LogP) is 6.65. The first-order valence-corrected chi connectivity index (χ1v) is 13.8. The van der Waals surface area contributed by atoms with E-state index >= 15 is 0 Å². The Kier molecular flexibility index (Phi) is 14.4. The molecule has 220 valence electrons. The van der Waals surface area contributed by atoms with Crippen molar-refractivity contribution in [2.24, 2.45) is 5.92 Å². The van der Waals surface area contributed by atoms with Crippen molar-refractivity contribution < 1.29 is 42.4 Å². The van der Waals surface area contributed by atoms with Gasteiger partial charge in [-0.05, 0) is 67.2 Å². The molecule has 1 aromatic rings. The van der Waals surface area contributed by atoms with Gasteiger partial charge in [0, 0.05) is 18.9 Å². The summed E-state index contributed by atoms with van der Waals surface area (Å²) in [6.45, 7) is 7.18. The fourth-order valence-electron chi connectivity index (χ4n) is 4.75. The Balaban J connectivity index is 1.88. The number of hydrogen-bond acceptors (Lipinski definition) is 6. The molecule has 1 aliphatic carbocycles. The van der Waals surface area contributed by atoms with Gasteiger partial charge in [-0.25, -0.2) is 4.79 Å². The maximum atomic E-state index is 12.3. The highest BCUT2D eigenvalue weighted by Gasteiger charge is 2.26. The van der Waals surface area contributed by atoms with Crippen molar-refractivity contribution in [2.75, 3.05) is 33.0 Å². The smallest absolute Gasteiger partial charge is 0.389 e. The van der Waals surface area contributed by atoms with E-state index in [1.54, 1.807) is 6.07 Å². The van der Waals surface area contributed by atoms with E-state index in [0.717, 1.165) is 50.5 Å². The second kappa shape index (κ2) is 17.2. The van der Waals surface area contributed by atoms with Crippen LogP contribution in [0.1, 0.15) is 82.1 Å². The lowest BCUT2D eigenvalue weighted by Gasteiger charge is -2.29. The first kappa shape index (κ1) is 32.7. The van der Waals surface area contributed by atoms with Gasteiger partial charge in [0.25, 0.3) is 0 Å². The van der Waals surface area contributed by atoms with Crippen molar-refractivity contribution in [3.05, 3.63) is 48.1 Å². The van der Waals surface area contributed by atoms with Gasteiger partial charge in [0.05, 0.1) is 25.4 Å². The van der Waals surface area contributed by atoms with E-state index in [4.69, 9.17) is 19.3 Å². The fourth-order valence-corrected chi connectivity index (χ4v) is 4.75. The van der Waals surface area contributed by atoms with Gasteiger partial charge >= 0.3 is 12.1 Å². The van der Waals surface area contributed by atoms with Gasteiger partial charge in [-0.1, -0.05) is 38.8 Å². The van der Waals surface area contributed by atoms with E-state index in [9.17, 15) is 23.1 Å². The second-order valence-corrected chi connectivity index (χ2v) is 10.3. The van der Waals surface area contributed by atoms with Crippen LogP contribution in [0.5, 0.6) is 11.5 Å². The highest BCUT2D eigenvalue weighted by Crippen LogP contribution is 2.40. The Bertz CT molecular complexity index is 906. The summed E-state index contributed by atoms with van der Waals surface area (Å²) < 4.78 is 53.6. The minimum absolute atomic E-state index is 0.00983. The number of hydrogen-bond donors (Lipinski definition) is 2. The highest BCUT2D eigenvalue weighted by molar-refractivity contribution is 5.87. The number of aliphatic hydroxyl groups excluding tert-OH is 2. The van der Waals surface area contributed by atoms with E-state index in [-0.39, 0.29) is 31.8 Å². The van der Waals surface area contributed by atoms with Crippen LogP contribution >= 0.6 is 0 Å². The Hall–Kier alpha value is -2.52. The minimum atomic E-state index is -4.05. The molecule has 0 saturated heterocycles. The van der Waals surface area contributed by atoms with Crippen LogP contribution in [-0.4, -0.2) is 55.4 Å². The molecule has 0 spiro atoms. The lowest BCUT2D eigenvalue weighted by molar-refractivity contribution is -0.140. The van der Waals surface area contributed by atoms with Crippen molar-refractivity contribution in [3.63, 3.8) is 0 Å². The topological polar surface area (TPSA) is 85.2 Å². The van der Waals surface area contributed by atoms with Gasteiger partial charge in [0.2, 0.25) is 0 Å². The SMILES string of the molecule is C=C(CO)CCOc1cc(OCCOC(=O)C(=C)CO)cc(C2CCC(CCCCCCC(F)(F)F)CC2)c1. The number of halogens is 3. The zero-order valence-electron chi connectivity index (χ0n) is 22.8. The van der Waals surface area contributed by atoms with Gasteiger partial charge in [-0.2, -0.15) is 13.2 Å². The number of unbranched alkanes of at least 4 members (excludes halogenated alkanes) is 3.